The van der Waals surface area contributed by atoms with Crippen molar-refractivity contribution in [1.29, 1.82) is 0 Å². The number of hydrogen-bond donors (Lipinski definition) is 1. The first-order chi connectivity index (χ1) is 10.2. The Balaban J connectivity index is 1.51. The van der Waals surface area contributed by atoms with Gasteiger partial charge >= 0.3 is 0 Å². The lowest BCUT2D eigenvalue weighted by Crippen LogP contribution is -2.51. The molecule has 2 aliphatic heterocycles. The summed E-state index contributed by atoms with van der Waals surface area (Å²) in [5, 5.41) is 3.79. The van der Waals surface area contributed by atoms with Crippen LogP contribution in [0.3, 0.4) is 0 Å². The van der Waals surface area contributed by atoms with E-state index in [4.69, 9.17) is 4.74 Å². The molecule has 122 valence electrons. The molecule has 0 amide bonds. The maximum Gasteiger partial charge on any atom is 0.0472 e. The minimum absolute atomic E-state index is 0.464. The molecule has 1 saturated carbocycles. The van der Waals surface area contributed by atoms with Crippen molar-refractivity contribution < 1.29 is 4.74 Å². The average Bonchev–Trinajstić information content (AvgIpc) is 3.31. The smallest absolute Gasteiger partial charge is 0.0472 e. The highest BCUT2D eigenvalue weighted by atomic mass is 16.5. The fraction of sp³-hybridized carbons (Fsp3) is 1.00. The first-order valence-electron chi connectivity index (χ1n) is 8.87. The van der Waals surface area contributed by atoms with Gasteiger partial charge in [-0.3, -0.25) is 0 Å². The molecule has 0 atom stereocenters. The van der Waals surface area contributed by atoms with E-state index in [1.165, 1.54) is 64.7 Å². The van der Waals surface area contributed by atoms with Gasteiger partial charge in [0, 0.05) is 38.4 Å². The Bertz CT molecular complexity index is 316. The zero-order chi connectivity index (χ0) is 14.7. The van der Waals surface area contributed by atoms with E-state index >= 15 is 0 Å². The van der Waals surface area contributed by atoms with Crippen molar-refractivity contribution in [3.8, 4) is 0 Å². The molecular formula is C17H33N3O. The van der Waals surface area contributed by atoms with E-state index in [1.807, 2.05) is 0 Å². The Morgan fingerprint density at radius 3 is 2.33 bits per heavy atom. The number of nitrogens with zero attached hydrogens (tertiary/aromatic N) is 2. The molecule has 4 heteroatoms. The molecule has 1 aliphatic carbocycles. The largest absolute Gasteiger partial charge is 0.381 e. The van der Waals surface area contributed by atoms with Gasteiger partial charge in [-0.15, -0.1) is 0 Å². The molecule has 1 N–H and O–H groups in total. The van der Waals surface area contributed by atoms with E-state index < -0.39 is 0 Å². The van der Waals surface area contributed by atoms with E-state index in [0.717, 1.165) is 25.3 Å². The van der Waals surface area contributed by atoms with Gasteiger partial charge in [0.25, 0.3) is 0 Å². The summed E-state index contributed by atoms with van der Waals surface area (Å²) < 4.78 is 5.63. The van der Waals surface area contributed by atoms with Crippen LogP contribution < -0.4 is 5.32 Å². The van der Waals surface area contributed by atoms with Crippen molar-refractivity contribution in [2.24, 2.45) is 5.41 Å². The lowest BCUT2D eigenvalue weighted by molar-refractivity contribution is -0.0109. The quantitative estimate of drug-likeness (QED) is 0.805. The fourth-order valence-electron chi connectivity index (χ4n) is 3.91. The van der Waals surface area contributed by atoms with Gasteiger partial charge in [-0.1, -0.05) is 0 Å². The molecular weight excluding hydrogens is 262 g/mol. The van der Waals surface area contributed by atoms with E-state index in [2.05, 4.69) is 29.2 Å². The van der Waals surface area contributed by atoms with E-state index in [9.17, 15) is 0 Å². The molecule has 3 fully saturated rings. The van der Waals surface area contributed by atoms with Gasteiger partial charge in [0.2, 0.25) is 0 Å². The van der Waals surface area contributed by atoms with Gasteiger partial charge in [0.1, 0.15) is 0 Å². The molecule has 0 aromatic carbocycles. The van der Waals surface area contributed by atoms with Crippen molar-refractivity contribution in [1.82, 2.24) is 15.1 Å². The number of likely N-dealkylation sites (tertiary alicyclic amines) is 1. The second-order valence-electron chi connectivity index (χ2n) is 7.74. The van der Waals surface area contributed by atoms with Crippen LogP contribution in [0.15, 0.2) is 0 Å². The summed E-state index contributed by atoms with van der Waals surface area (Å²) in [4.78, 5) is 5.12. The van der Waals surface area contributed by atoms with Crippen LogP contribution in [0.25, 0.3) is 0 Å². The van der Waals surface area contributed by atoms with Crippen LogP contribution in [0.2, 0.25) is 0 Å². The minimum atomic E-state index is 0.464. The van der Waals surface area contributed by atoms with Crippen LogP contribution in [-0.4, -0.2) is 75.4 Å². The highest BCUT2D eigenvalue weighted by Crippen LogP contribution is 2.33. The minimum Gasteiger partial charge on any atom is -0.381 e. The average molecular weight is 295 g/mol. The van der Waals surface area contributed by atoms with Crippen LogP contribution in [0.4, 0.5) is 0 Å². The molecule has 0 aromatic rings. The van der Waals surface area contributed by atoms with Crippen molar-refractivity contribution >= 4 is 0 Å². The molecule has 2 heterocycles. The molecule has 3 aliphatic rings. The van der Waals surface area contributed by atoms with Crippen molar-refractivity contribution in [3.63, 3.8) is 0 Å². The molecule has 0 radical (unpaired) electrons. The second-order valence-corrected chi connectivity index (χ2v) is 7.74. The monoisotopic (exact) mass is 295 g/mol. The van der Waals surface area contributed by atoms with E-state index in [0.29, 0.717) is 5.41 Å². The molecule has 0 aromatic heterocycles. The summed E-state index contributed by atoms with van der Waals surface area (Å²) in [7, 11) is 4.44. The third-order valence-corrected chi connectivity index (χ3v) is 5.74. The predicted molar refractivity (Wildman–Crippen MR) is 86.7 cm³/mol. The summed E-state index contributed by atoms with van der Waals surface area (Å²) in [6, 6.07) is 1.61. The molecule has 3 rings (SSSR count). The fourth-order valence-corrected chi connectivity index (χ4v) is 3.91. The Hall–Kier alpha value is -0.160. The van der Waals surface area contributed by atoms with Crippen molar-refractivity contribution in [2.75, 3.05) is 53.5 Å². The maximum absolute atomic E-state index is 5.63. The van der Waals surface area contributed by atoms with Gasteiger partial charge in [-0.2, -0.15) is 0 Å². The zero-order valence-corrected chi connectivity index (χ0v) is 13.9. The van der Waals surface area contributed by atoms with Crippen LogP contribution >= 0.6 is 0 Å². The Kier molecular flexibility index (Phi) is 5.20. The van der Waals surface area contributed by atoms with E-state index in [-0.39, 0.29) is 0 Å². The topological polar surface area (TPSA) is 27.7 Å². The molecule has 0 unspecified atom stereocenters. The first kappa shape index (κ1) is 15.7. The van der Waals surface area contributed by atoms with Crippen LogP contribution in [0.5, 0.6) is 0 Å². The summed E-state index contributed by atoms with van der Waals surface area (Å²) in [5.74, 6) is 0. The van der Waals surface area contributed by atoms with Gasteiger partial charge in [-0.25, -0.2) is 0 Å². The highest BCUT2D eigenvalue weighted by Gasteiger charge is 2.37. The Labute approximate surface area is 130 Å². The molecule has 4 nitrogen and oxygen atoms in total. The predicted octanol–water partition coefficient (Wildman–Crippen LogP) is 1.56. The second kappa shape index (κ2) is 6.95. The zero-order valence-electron chi connectivity index (χ0n) is 13.9. The van der Waals surface area contributed by atoms with Gasteiger partial charge in [0.15, 0.2) is 0 Å². The lowest BCUT2D eigenvalue weighted by Gasteiger charge is -2.44. The number of rotatable bonds is 6. The van der Waals surface area contributed by atoms with Crippen LogP contribution in [-0.2, 0) is 4.74 Å². The first-order valence-corrected chi connectivity index (χ1v) is 8.87. The number of piperidine rings is 1. The SMILES string of the molecule is CN(C)C1CCN(CC2(CNC3CC3)CCOCC2)CC1. The number of nitrogens with one attached hydrogen (secondary N) is 1. The van der Waals surface area contributed by atoms with Crippen molar-refractivity contribution in [3.05, 3.63) is 0 Å². The molecule has 0 spiro atoms. The van der Waals surface area contributed by atoms with Gasteiger partial charge < -0.3 is 19.9 Å². The van der Waals surface area contributed by atoms with Gasteiger partial charge in [-0.05, 0) is 71.1 Å². The van der Waals surface area contributed by atoms with E-state index in [1.54, 1.807) is 0 Å². The van der Waals surface area contributed by atoms with Crippen LogP contribution in [0.1, 0.15) is 38.5 Å². The maximum atomic E-state index is 5.63. The van der Waals surface area contributed by atoms with Gasteiger partial charge in [0.05, 0.1) is 0 Å². The normalized spacial score (nSPS) is 28.1. The molecule has 21 heavy (non-hydrogen) atoms. The Morgan fingerprint density at radius 2 is 1.76 bits per heavy atom. The number of ether oxygens (including phenoxy) is 1. The summed E-state index contributed by atoms with van der Waals surface area (Å²) in [6.45, 7) is 6.94. The highest BCUT2D eigenvalue weighted by molar-refractivity contribution is 4.92. The lowest BCUT2D eigenvalue weighted by atomic mass is 9.79. The third-order valence-electron chi connectivity index (χ3n) is 5.74. The summed E-state index contributed by atoms with van der Waals surface area (Å²) in [6.07, 6.45) is 7.91. The van der Waals surface area contributed by atoms with Crippen LogP contribution in [0, 0.1) is 5.41 Å². The number of hydrogen-bond acceptors (Lipinski definition) is 4. The van der Waals surface area contributed by atoms with Crippen molar-refractivity contribution in [2.45, 2.75) is 50.6 Å². The molecule has 2 saturated heterocycles. The summed E-state index contributed by atoms with van der Waals surface area (Å²) >= 11 is 0. The third kappa shape index (κ3) is 4.41. The molecule has 0 bridgehead atoms. The Morgan fingerprint density at radius 1 is 1.10 bits per heavy atom. The summed E-state index contributed by atoms with van der Waals surface area (Å²) in [5.41, 5.74) is 0.464. The standard InChI is InChI=1S/C17H33N3O/c1-19(2)16-5-9-20(10-6-16)14-17(7-11-21-12-8-17)13-18-15-3-4-15/h15-16,18H,3-14H2,1-2H3.